The van der Waals surface area contributed by atoms with Gasteiger partial charge in [-0.05, 0) is 25.0 Å². The summed E-state index contributed by atoms with van der Waals surface area (Å²) in [4.78, 5) is 24.9. The van der Waals surface area contributed by atoms with Gasteiger partial charge in [-0.3, -0.25) is 14.9 Å². The summed E-state index contributed by atoms with van der Waals surface area (Å²) in [5, 5.41) is 20.9. The Morgan fingerprint density at radius 2 is 2.14 bits per heavy atom. The quantitative estimate of drug-likeness (QED) is 0.668. The molecule has 7 heteroatoms. The summed E-state index contributed by atoms with van der Waals surface area (Å²) in [5.41, 5.74) is -0.141. The van der Waals surface area contributed by atoms with Crippen LogP contribution in [-0.4, -0.2) is 44.4 Å². The van der Waals surface area contributed by atoms with E-state index in [-0.39, 0.29) is 17.5 Å². The van der Waals surface area contributed by atoms with Crippen molar-refractivity contribution in [1.29, 1.82) is 0 Å². The highest BCUT2D eigenvalue weighted by atomic mass is 32.2. The van der Waals surface area contributed by atoms with Gasteiger partial charge in [-0.25, -0.2) is 0 Å². The van der Waals surface area contributed by atoms with E-state index in [9.17, 15) is 20.0 Å². The number of nitrogens with zero attached hydrogens (tertiary/aromatic N) is 2. The maximum atomic E-state index is 12.8. The largest absolute Gasteiger partial charge is 0.502 e. The Bertz CT molecular complexity index is 605. The first kappa shape index (κ1) is 15.1. The average Bonchev–Trinajstić information content (AvgIpc) is 2.54. The van der Waals surface area contributed by atoms with Crippen LogP contribution in [-0.2, 0) is 0 Å². The van der Waals surface area contributed by atoms with E-state index < -0.39 is 16.4 Å². The number of carbonyl (C=O) groups excluding carboxylic acids is 1. The smallest absolute Gasteiger partial charge is 0.311 e. The molecular weight excluding hydrogens is 304 g/mol. The molecule has 2 atom stereocenters. The Balaban J connectivity index is 1.86. The van der Waals surface area contributed by atoms with E-state index in [4.69, 9.17) is 0 Å². The number of hydrogen-bond donors (Lipinski definition) is 1. The Kier molecular flexibility index (Phi) is 4.24. The lowest BCUT2D eigenvalue weighted by Crippen LogP contribution is -2.51. The summed E-state index contributed by atoms with van der Waals surface area (Å²) in [6.45, 7) is 0.680. The van der Waals surface area contributed by atoms with Crippen molar-refractivity contribution in [2.24, 2.45) is 0 Å². The second-order valence-electron chi connectivity index (χ2n) is 5.72. The van der Waals surface area contributed by atoms with Crippen molar-refractivity contribution >= 4 is 23.4 Å². The van der Waals surface area contributed by atoms with E-state index in [1.54, 1.807) is 0 Å². The van der Waals surface area contributed by atoms with Crippen LogP contribution in [0, 0.1) is 10.1 Å². The van der Waals surface area contributed by atoms with E-state index >= 15 is 0 Å². The molecule has 3 rings (SSSR count). The maximum Gasteiger partial charge on any atom is 0.311 e. The van der Waals surface area contributed by atoms with Crippen LogP contribution in [0.15, 0.2) is 18.2 Å². The zero-order valence-electron chi connectivity index (χ0n) is 12.1. The topological polar surface area (TPSA) is 83.7 Å². The molecule has 0 spiro atoms. The van der Waals surface area contributed by atoms with Crippen molar-refractivity contribution in [3.63, 3.8) is 0 Å². The van der Waals surface area contributed by atoms with Crippen LogP contribution in [0.3, 0.4) is 0 Å². The number of rotatable bonds is 2. The van der Waals surface area contributed by atoms with Crippen LogP contribution >= 0.6 is 11.8 Å². The van der Waals surface area contributed by atoms with Crippen molar-refractivity contribution in [1.82, 2.24) is 4.90 Å². The van der Waals surface area contributed by atoms with Gasteiger partial charge in [0, 0.05) is 35.2 Å². The number of nitro benzene ring substituents is 1. The third-order valence-electron chi connectivity index (χ3n) is 4.41. The second kappa shape index (κ2) is 6.16. The Hall–Kier alpha value is -1.76. The Morgan fingerprint density at radius 1 is 1.36 bits per heavy atom. The predicted molar refractivity (Wildman–Crippen MR) is 84.3 cm³/mol. The first-order chi connectivity index (χ1) is 10.6. The lowest BCUT2D eigenvalue weighted by Gasteiger charge is -2.43. The van der Waals surface area contributed by atoms with Crippen molar-refractivity contribution in [3.8, 4) is 5.75 Å². The lowest BCUT2D eigenvalue weighted by molar-refractivity contribution is -0.385. The number of nitro groups is 1. The summed E-state index contributed by atoms with van der Waals surface area (Å²) in [5.74, 6) is 0.333. The standard InChI is InChI=1S/C15H18N2O4S/c18-13-6-5-10(9-12(13)17(20)21)15(19)16-7-8-22-14-4-2-1-3-11(14)16/h5-6,9,11,14,18H,1-4,7-8H2/t11-,14+/m0/s1. The summed E-state index contributed by atoms with van der Waals surface area (Å²) in [7, 11) is 0. The molecule has 0 bridgehead atoms. The van der Waals surface area contributed by atoms with Gasteiger partial charge in [0.1, 0.15) is 0 Å². The zero-order chi connectivity index (χ0) is 15.7. The number of fused-ring (bicyclic) bond motifs is 1. The minimum absolute atomic E-state index is 0.166. The molecule has 22 heavy (non-hydrogen) atoms. The third-order valence-corrected chi connectivity index (χ3v) is 5.81. The van der Waals surface area contributed by atoms with Gasteiger partial charge in [0.05, 0.1) is 4.92 Å². The van der Waals surface area contributed by atoms with Gasteiger partial charge in [-0.15, -0.1) is 0 Å². The Labute approximate surface area is 132 Å². The van der Waals surface area contributed by atoms with Crippen molar-refractivity contribution in [2.45, 2.75) is 37.0 Å². The molecular formula is C15H18N2O4S. The van der Waals surface area contributed by atoms with Crippen LogP contribution in [0.4, 0.5) is 5.69 Å². The van der Waals surface area contributed by atoms with Gasteiger partial charge < -0.3 is 10.0 Å². The number of benzene rings is 1. The molecule has 1 saturated carbocycles. The van der Waals surface area contributed by atoms with Gasteiger partial charge in [0.25, 0.3) is 5.91 Å². The number of aromatic hydroxyl groups is 1. The fourth-order valence-electron chi connectivity index (χ4n) is 3.32. The highest BCUT2D eigenvalue weighted by Crippen LogP contribution is 2.36. The minimum atomic E-state index is -0.665. The normalized spacial score (nSPS) is 24.6. The van der Waals surface area contributed by atoms with Crippen molar-refractivity contribution < 1.29 is 14.8 Å². The summed E-state index contributed by atoms with van der Waals surface area (Å²) >= 11 is 1.93. The Morgan fingerprint density at radius 3 is 2.91 bits per heavy atom. The number of phenolic OH excluding ortho intramolecular Hbond substituents is 1. The fraction of sp³-hybridized carbons (Fsp3) is 0.533. The van der Waals surface area contributed by atoms with Crippen LogP contribution in [0.5, 0.6) is 5.75 Å². The molecule has 2 aliphatic rings. The van der Waals surface area contributed by atoms with Gasteiger partial charge >= 0.3 is 5.69 Å². The second-order valence-corrected chi connectivity index (χ2v) is 7.07. The number of amides is 1. The molecule has 1 aromatic rings. The first-order valence-electron chi connectivity index (χ1n) is 7.48. The van der Waals surface area contributed by atoms with E-state index in [0.29, 0.717) is 11.8 Å². The molecule has 0 unspecified atom stereocenters. The van der Waals surface area contributed by atoms with Gasteiger partial charge in [-0.2, -0.15) is 11.8 Å². The maximum absolute atomic E-state index is 12.8. The SMILES string of the molecule is O=C(c1ccc(O)c([N+](=O)[O-])c1)N1CCS[C@@H]2CCCC[C@@H]21. The van der Waals surface area contributed by atoms with Gasteiger partial charge in [0.2, 0.25) is 0 Å². The minimum Gasteiger partial charge on any atom is -0.502 e. The molecule has 0 radical (unpaired) electrons. The predicted octanol–water partition coefficient (Wildman–Crippen LogP) is 2.80. The van der Waals surface area contributed by atoms with Gasteiger partial charge in [0.15, 0.2) is 5.75 Å². The van der Waals surface area contributed by atoms with E-state index in [2.05, 4.69) is 0 Å². The van der Waals surface area contributed by atoms with Crippen LogP contribution < -0.4 is 0 Å². The monoisotopic (exact) mass is 322 g/mol. The molecule has 0 aromatic heterocycles. The molecule has 1 aliphatic carbocycles. The van der Waals surface area contributed by atoms with Gasteiger partial charge in [-0.1, -0.05) is 12.8 Å². The zero-order valence-corrected chi connectivity index (χ0v) is 12.9. The number of phenols is 1. The molecule has 2 fully saturated rings. The van der Waals surface area contributed by atoms with E-state index in [0.717, 1.165) is 25.0 Å². The first-order valence-corrected chi connectivity index (χ1v) is 8.53. The average molecular weight is 322 g/mol. The van der Waals surface area contributed by atoms with Crippen LogP contribution in [0.1, 0.15) is 36.0 Å². The fourth-order valence-corrected chi connectivity index (χ4v) is 4.76. The molecule has 1 saturated heterocycles. The van der Waals surface area contributed by atoms with E-state index in [1.807, 2.05) is 16.7 Å². The molecule has 1 aromatic carbocycles. The summed E-state index contributed by atoms with van der Waals surface area (Å²) in [6, 6.07) is 4.09. The van der Waals surface area contributed by atoms with Crippen molar-refractivity contribution in [2.75, 3.05) is 12.3 Å². The molecule has 6 nitrogen and oxygen atoms in total. The summed E-state index contributed by atoms with van der Waals surface area (Å²) in [6.07, 6.45) is 4.47. The van der Waals surface area contributed by atoms with Crippen LogP contribution in [0.2, 0.25) is 0 Å². The lowest BCUT2D eigenvalue weighted by atomic mass is 9.92. The molecule has 1 heterocycles. The molecule has 1 N–H and O–H groups in total. The van der Waals surface area contributed by atoms with Crippen molar-refractivity contribution in [3.05, 3.63) is 33.9 Å². The highest BCUT2D eigenvalue weighted by molar-refractivity contribution is 8.00. The van der Waals surface area contributed by atoms with E-state index in [1.165, 1.54) is 24.6 Å². The third kappa shape index (κ3) is 2.77. The number of hydrogen-bond acceptors (Lipinski definition) is 5. The molecule has 1 amide bonds. The van der Waals surface area contributed by atoms with Crippen LogP contribution in [0.25, 0.3) is 0 Å². The highest BCUT2D eigenvalue weighted by Gasteiger charge is 2.36. The number of carbonyl (C=O) groups is 1. The molecule has 1 aliphatic heterocycles. The molecule has 118 valence electrons. The number of thioether (sulfide) groups is 1. The summed E-state index contributed by atoms with van der Waals surface area (Å²) < 4.78 is 0.